The smallest absolute Gasteiger partial charge is 0.241 e. The molecule has 1 saturated heterocycles. The molecule has 0 saturated carbocycles. The van der Waals surface area contributed by atoms with Crippen molar-refractivity contribution in [3.63, 3.8) is 0 Å². The van der Waals surface area contributed by atoms with Gasteiger partial charge in [-0.15, -0.1) is 12.4 Å². The fourth-order valence-electron chi connectivity index (χ4n) is 3.83. The van der Waals surface area contributed by atoms with E-state index >= 15 is 0 Å². The molecule has 6 heteroatoms. The lowest BCUT2D eigenvalue weighted by Gasteiger charge is -2.36. The Morgan fingerprint density at radius 3 is 2.85 bits per heavy atom. The standard InChI is InChI=1S/C20H22FN3O.ClH/c21-17-6-3-5-16(12-17)19-13-22-9-11-23(19)14-20(25)24-10-8-15-4-1-2-7-18(15)24;/h1-7,12,19,22H,8-11,13-14H2;1H. The van der Waals surface area contributed by atoms with Crippen LogP contribution < -0.4 is 10.2 Å². The Hall–Kier alpha value is -1.95. The number of nitrogens with one attached hydrogen (secondary N) is 1. The summed E-state index contributed by atoms with van der Waals surface area (Å²) in [7, 11) is 0. The molecule has 2 aliphatic rings. The predicted molar refractivity (Wildman–Crippen MR) is 103 cm³/mol. The number of para-hydroxylation sites is 1. The van der Waals surface area contributed by atoms with Crippen molar-refractivity contribution in [1.82, 2.24) is 10.2 Å². The van der Waals surface area contributed by atoms with Crippen LogP contribution in [-0.4, -0.2) is 43.5 Å². The summed E-state index contributed by atoms with van der Waals surface area (Å²) in [6, 6.07) is 14.8. The monoisotopic (exact) mass is 375 g/mol. The third-order valence-electron chi connectivity index (χ3n) is 5.11. The molecular formula is C20H23ClFN3O. The van der Waals surface area contributed by atoms with Crippen molar-refractivity contribution in [3.05, 3.63) is 65.5 Å². The number of hydrogen-bond acceptors (Lipinski definition) is 3. The minimum atomic E-state index is -0.233. The first-order valence-electron chi connectivity index (χ1n) is 8.81. The van der Waals surface area contributed by atoms with E-state index in [0.29, 0.717) is 6.54 Å². The molecular weight excluding hydrogens is 353 g/mol. The molecule has 0 radical (unpaired) electrons. The maximum Gasteiger partial charge on any atom is 0.241 e. The molecule has 2 aromatic carbocycles. The lowest BCUT2D eigenvalue weighted by Crippen LogP contribution is -2.50. The molecule has 1 N–H and O–H groups in total. The molecule has 0 aliphatic carbocycles. The summed E-state index contributed by atoms with van der Waals surface area (Å²) in [4.78, 5) is 17.0. The Labute approximate surface area is 159 Å². The molecule has 0 bridgehead atoms. The van der Waals surface area contributed by atoms with Crippen molar-refractivity contribution < 1.29 is 9.18 Å². The van der Waals surface area contributed by atoms with Gasteiger partial charge >= 0.3 is 0 Å². The molecule has 1 atom stereocenters. The van der Waals surface area contributed by atoms with E-state index in [0.717, 1.165) is 43.9 Å². The number of amides is 1. The van der Waals surface area contributed by atoms with E-state index in [1.807, 2.05) is 29.2 Å². The second-order valence-corrected chi connectivity index (χ2v) is 6.67. The number of anilines is 1. The summed E-state index contributed by atoms with van der Waals surface area (Å²) in [5.41, 5.74) is 3.18. The van der Waals surface area contributed by atoms with E-state index in [2.05, 4.69) is 16.3 Å². The van der Waals surface area contributed by atoms with Gasteiger partial charge in [-0.3, -0.25) is 9.69 Å². The molecule has 2 aliphatic heterocycles. The molecule has 2 heterocycles. The Balaban J connectivity index is 0.00000196. The maximum atomic E-state index is 13.6. The average molecular weight is 376 g/mol. The topological polar surface area (TPSA) is 35.6 Å². The first-order valence-corrected chi connectivity index (χ1v) is 8.81. The lowest BCUT2D eigenvalue weighted by atomic mass is 10.0. The molecule has 4 rings (SSSR count). The van der Waals surface area contributed by atoms with Crippen LogP contribution in [0.4, 0.5) is 10.1 Å². The van der Waals surface area contributed by atoms with Crippen molar-refractivity contribution in [2.75, 3.05) is 37.6 Å². The zero-order valence-electron chi connectivity index (χ0n) is 14.5. The molecule has 138 valence electrons. The van der Waals surface area contributed by atoms with E-state index in [1.165, 1.54) is 11.6 Å². The quantitative estimate of drug-likeness (QED) is 0.896. The van der Waals surface area contributed by atoms with E-state index < -0.39 is 0 Å². The molecule has 4 nitrogen and oxygen atoms in total. The van der Waals surface area contributed by atoms with Gasteiger partial charge < -0.3 is 10.2 Å². The van der Waals surface area contributed by atoms with E-state index in [9.17, 15) is 9.18 Å². The zero-order chi connectivity index (χ0) is 17.2. The number of hydrogen-bond donors (Lipinski definition) is 1. The minimum Gasteiger partial charge on any atom is -0.314 e. The van der Waals surface area contributed by atoms with Gasteiger partial charge in [0.25, 0.3) is 0 Å². The van der Waals surface area contributed by atoms with E-state index in [-0.39, 0.29) is 30.2 Å². The second kappa shape index (κ2) is 8.16. The van der Waals surface area contributed by atoms with Crippen LogP contribution in [0.2, 0.25) is 0 Å². The van der Waals surface area contributed by atoms with Gasteiger partial charge in [-0.2, -0.15) is 0 Å². The Kier molecular flexibility index (Phi) is 5.91. The Morgan fingerprint density at radius 1 is 1.15 bits per heavy atom. The highest BCUT2D eigenvalue weighted by molar-refractivity contribution is 5.96. The van der Waals surface area contributed by atoms with Crippen molar-refractivity contribution in [3.8, 4) is 0 Å². The summed E-state index contributed by atoms with van der Waals surface area (Å²) in [6.45, 7) is 3.46. The van der Waals surface area contributed by atoms with Crippen LogP contribution in [0.15, 0.2) is 48.5 Å². The molecule has 2 aromatic rings. The predicted octanol–water partition coefficient (Wildman–Crippen LogP) is 2.78. The van der Waals surface area contributed by atoms with Gasteiger partial charge in [0.05, 0.1) is 6.54 Å². The fraction of sp³-hybridized carbons (Fsp3) is 0.350. The fourth-order valence-corrected chi connectivity index (χ4v) is 3.83. The largest absolute Gasteiger partial charge is 0.314 e. The van der Waals surface area contributed by atoms with Gasteiger partial charge in [0, 0.05) is 37.9 Å². The van der Waals surface area contributed by atoms with Crippen LogP contribution in [0.25, 0.3) is 0 Å². The minimum absolute atomic E-state index is 0. The third-order valence-corrected chi connectivity index (χ3v) is 5.11. The number of halogens is 2. The van der Waals surface area contributed by atoms with Crippen LogP contribution in [0, 0.1) is 5.82 Å². The molecule has 1 unspecified atom stereocenters. The maximum absolute atomic E-state index is 13.6. The number of rotatable bonds is 3. The van der Waals surface area contributed by atoms with Crippen molar-refractivity contribution in [2.24, 2.45) is 0 Å². The number of fused-ring (bicyclic) bond motifs is 1. The van der Waals surface area contributed by atoms with E-state index in [4.69, 9.17) is 0 Å². The molecule has 0 spiro atoms. The van der Waals surface area contributed by atoms with Crippen LogP contribution in [0.5, 0.6) is 0 Å². The summed E-state index contributed by atoms with van der Waals surface area (Å²) in [5.74, 6) is -0.115. The summed E-state index contributed by atoms with van der Waals surface area (Å²) in [5, 5.41) is 3.35. The Morgan fingerprint density at radius 2 is 2.00 bits per heavy atom. The van der Waals surface area contributed by atoms with Gasteiger partial charge in [-0.05, 0) is 35.7 Å². The average Bonchev–Trinajstić information content (AvgIpc) is 3.06. The summed E-state index contributed by atoms with van der Waals surface area (Å²) >= 11 is 0. The van der Waals surface area contributed by atoms with Crippen LogP contribution in [-0.2, 0) is 11.2 Å². The van der Waals surface area contributed by atoms with Gasteiger partial charge in [0.2, 0.25) is 5.91 Å². The van der Waals surface area contributed by atoms with Gasteiger partial charge in [0.1, 0.15) is 5.82 Å². The van der Waals surface area contributed by atoms with Crippen LogP contribution >= 0.6 is 12.4 Å². The van der Waals surface area contributed by atoms with Crippen LogP contribution in [0.3, 0.4) is 0 Å². The molecule has 1 amide bonds. The number of benzene rings is 2. The number of carbonyl (C=O) groups is 1. The second-order valence-electron chi connectivity index (χ2n) is 6.67. The van der Waals surface area contributed by atoms with Gasteiger partial charge in [-0.25, -0.2) is 4.39 Å². The summed E-state index contributed by atoms with van der Waals surface area (Å²) in [6.07, 6.45) is 0.913. The first-order chi connectivity index (χ1) is 12.2. The van der Waals surface area contributed by atoms with Crippen molar-refractivity contribution in [2.45, 2.75) is 12.5 Å². The SMILES string of the molecule is Cl.O=C(CN1CCNCC1c1cccc(F)c1)N1CCc2ccccc21. The number of piperazine rings is 1. The molecule has 1 fully saturated rings. The highest BCUT2D eigenvalue weighted by atomic mass is 35.5. The van der Waals surface area contributed by atoms with Crippen molar-refractivity contribution >= 4 is 24.0 Å². The molecule has 26 heavy (non-hydrogen) atoms. The zero-order valence-corrected chi connectivity index (χ0v) is 15.3. The van der Waals surface area contributed by atoms with Gasteiger partial charge in [-0.1, -0.05) is 30.3 Å². The highest BCUT2D eigenvalue weighted by Gasteiger charge is 2.30. The van der Waals surface area contributed by atoms with Crippen LogP contribution in [0.1, 0.15) is 17.2 Å². The van der Waals surface area contributed by atoms with E-state index in [1.54, 1.807) is 12.1 Å². The normalized spacial score (nSPS) is 19.7. The Bertz CT molecular complexity index is 785. The molecule has 0 aromatic heterocycles. The third kappa shape index (κ3) is 3.75. The lowest BCUT2D eigenvalue weighted by molar-refractivity contribution is -0.120. The van der Waals surface area contributed by atoms with Crippen molar-refractivity contribution in [1.29, 1.82) is 0 Å². The number of nitrogens with zero attached hydrogens (tertiary/aromatic N) is 2. The summed E-state index contributed by atoms with van der Waals surface area (Å²) < 4.78 is 13.6. The highest BCUT2D eigenvalue weighted by Crippen LogP contribution is 2.29. The van der Waals surface area contributed by atoms with Gasteiger partial charge in [0.15, 0.2) is 0 Å². The first kappa shape index (κ1) is 18.8. The number of carbonyl (C=O) groups excluding carboxylic acids is 1.